The molecule has 0 saturated heterocycles. The van der Waals surface area contributed by atoms with E-state index in [1.165, 1.54) is 0 Å². The van der Waals surface area contributed by atoms with Gasteiger partial charge in [0.25, 0.3) is 0 Å². The summed E-state index contributed by atoms with van der Waals surface area (Å²) < 4.78 is 5.18. The quantitative estimate of drug-likeness (QED) is 0.800. The summed E-state index contributed by atoms with van der Waals surface area (Å²) in [6, 6.07) is 5.93. The number of carbonyl (C=O) groups excluding carboxylic acids is 1. The van der Waals surface area contributed by atoms with Gasteiger partial charge in [0.2, 0.25) is 5.91 Å². The van der Waals surface area contributed by atoms with E-state index in [4.69, 9.17) is 4.74 Å². The van der Waals surface area contributed by atoms with Crippen LogP contribution in [0.4, 0.5) is 11.4 Å². The lowest BCUT2D eigenvalue weighted by Crippen LogP contribution is -2.23. The average Bonchev–Trinajstić information content (AvgIpc) is 2.27. The molecule has 94 valence electrons. The summed E-state index contributed by atoms with van der Waals surface area (Å²) in [6.45, 7) is 2.09. The maximum absolute atomic E-state index is 11.3. The summed E-state index contributed by atoms with van der Waals surface area (Å²) >= 11 is 0. The third-order valence-electron chi connectivity index (χ3n) is 2.70. The van der Waals surface area contributed by atoms with Crippen molar-refractivity contribution in [3.8, 4) is 0 Å². The second-order valence-electron chi connectivity index (χ2n) is 4.22. The maximum Gasteiger partial charge on any atom is 0.223 e. The molecule has 17 heavy (non-hydrogen) atoms. The van der Waals surface area contributed by atoms with E-state index in [-0.39, 0.29) is 5.91 Å². The van der Waals surface area contributed by atoms with Crippen molar-refractivity contribution in [2.75, 3.05) is 38.1 Å². The highest BCUT2D eigenvalue weighted by Gasteiger charge is 2.10. The van der Waals surface area contributed by atoms with Gasteiger partial charge in [0.15, 0.2) is 0 Å². The molecule has 1 aromatic carbocycles. The first-order valence-corrected chi connectivity index (χ1v) is 5.51. The zero-order chi connectivity index (χ0) is 13.0. The zero-order valence-electron chi connectivity index (χ0n) is 11.2. The highest BCUT2D eigenvalue weighted by atomic mass is 16.5. The lowest BCUT2D eigenvalue weighted by Gasteiger charge is -2.21. The number of anilines is 2. The van der Waals surface area contributed by atoms with Crippen LogP contribution in [0, 0.1) is 0 Å². The van der Waals surface area contributed by atoms with E-state index < -0.39 is 0 Å². The number of hydrogen-bond donors (Lipinski definition) is 0. The number of hydrogen-bond acceptors (Lipinski definition) is 3. The summed E-state index contributed by atoms with van der Waals surface area (Å²) in [5, 5.41) is 0. The number of nitrogens with zero attached hydrogens (tertiary/aromatic N) is 2. The molecular weight excluding hydrogens is 216 g/mol. The van der Waals surface area contributed by atoms with Gasteiger partial charge < -0.3 is 14.5 Å². The topological polar surface area (TPSA) is 32.8 Å². The van der Waals surface area contributed by atoms with Crippen LogP contribution in [-0.2, 0) is 16.1 Å². The van der Waals surface area contributed by atoms with Crippen molar-refractivity contribution < 1.29 is 9.53 Å². The predicted molar refractivity (Wildman–Crippen MR) is 70.6 cm³/mol. The summed E-state index contributed by atoms with van der Waals surface area (Å²) in [5.41, 5.74) is 3.06. The molecule has 0 heterocycles. The minimum atomic E-state index is 0.0194. The van der Waals surface area contributed by atoms with Crippen molar-refractivity contribution in [2.24, 2.45) is 0 Å². The van der Waals surface area contributed by atoms with Gasteiger partial charge in [-0.2, -0.15) is 0 Å². The standard InChI is InChI=1S/C13H20N2O2/c1-10(16)15(4)12-6-7-13(14(2)3)11(8-12)9-17-5/h6-8H,9H2,1-5H3. The van der Waals surface area contributed by atoms with Gasteiger partial charge in [-0.1, -0.05) is 0 Å². The third kappa shape index (κ3) is 3.20. The van der Waals surface area contributed by atoms with E-state index in [0.29, 0.717) is 6.61 Å². The Morgan fingerprint density at radius 1 is 1.29 bits per heavy atom. The smallest absolute Gasteiger partial charge is 0.223 e. The summed E-state index contributed by atoms with van der Waals surface area (Å²) in [4.78, 5) is 15.0. The van der Waals surface area contributed by atoms with Crippen LogP contribution >= 0.6 is 0 Å². The van der Waals surface area contributed by atoms with Crippen LogP contribution in [0.2, 0.25) is 0 Å². The molecule has 0 atom stereocenters. The molecule has 0 unspecified atom stereocenters. The number of ether oxygens (including phenoxy) is 1. The molecular formula is C13H20N2O2. The highest BCUT2D eigenvalue weighted by Crippen LogP contribution is 2.25. The van der Waals surface area contributed by atoms with Gasteiger partial charge in [0.05, 0.1) is 6.61 Å². The van der Waals surface area contributed by atoms with E-state index in [2.05, 4.69) is 0 Å². The molecule has 1 amide bonds. The zero-order valence-corrected chi connectivity index (χ0v) is 11.2. The van der Waals surface area contributed by atoms with Crippen molar-refractivity contribution in [1.82, 2.24) is 0 Å². The lowest BCUT2D eigenvalue weighted by molar-refractivity contribution is -0.116. The number of carbonyl (C=O) groups is 1. The Morgan fingerprint density at radius 3 is 2.41 bits per heavy atom. The fourth-order valence-corrected chi connectivity index (χ4v) is 1.67. The van der Waals surface area contributed by atoms with Crippen molar-refractivity contribution in [2.45, 2.75) is 13.5 Å². The average molecular weight is 236 g/mol. The number of methoxy groups -OCH3 is 1. The van der Waals surface area contributed by atoms with E-state index in [1.54, 1.807) is 26.0 Å². The van der Waals surface area contributed by atoms with Gasteiger partial charge in [-0.15, -0.1) is 0 Å². The summed E-state index contributed by atoms with van der Waals surface area (Å²) in [5.74, 6) is 0.0194. The maximum atomic E-state index is 11.3. The Morgan fingerprint density at radius 2 is 1.94 bits per heavy atom. The molecule has 4 heteroatoms. The van der Waals surface area contributed by atoms with Gasteiger partial charge in [-0.25, -0.2) is 0 Å². The van der Waals surface area contributed by atoms with E-state index in [0.717, 1.165) is 16.9 Å². The first-order chi connectivity index (χ1) is 7.97. The predicted octanol–water partition coefficient (Wildman–Crippen LogP) is 1.88. The van der Waals surface area contributed by atoms with E-state index >= 15 is 0 Å². The van der Waals surface area contributed by atoms with Crippen LogP contribution in [0.25, 0.3) is 0 Å². The summed E-state index contributed by atoms with van der Waals surface area (Å²) in [6.07, 6.45) is 0. The van der Waals surface area contributed by atoms with Gasteiger partial charge in [0.1, 0.15) is 0 Å². The second kappa shape index (κ2) is 5.68. The minimum Gasteiger partial charge on any atom is -0.380 e. The molecule has 0 bridgehead atoms. The molecule has 0 saturated carbocycles. The monoisotopic (exact) mass is 236 g/mol. The SMILES string of the molecule is COCc1cc(N(C)C(C)=O)ccc1N(C)C. The normalized spacial score (nSPS) is 10.2. The molecule has 1 aromatic rings. The molecule has 0 aliphatic carbocycles. The molecule has 0 fully saturated rings. The molecule has 0 aliphatic rings. The second-order valence-corrected chi connectivity index (χ2v) is 4.22. The fourth-order valence-electron chi connectivity index (χ4n) is 1.67. The Hall–Kier alpha value is -1.55. The molecule has 0 N–H and O–H groups in total. The Labute approximate surface area is 103 Å². The number of rotatable bonds is 4. The van der Waals surface area contributed by atoms with E-state index in [1.807, 2.05) is 37.2 Å². The fraction of sp³-hybridized carbons (Fsp3) is 0.462. The van der Waals surface area contributed by atoms with Gasteiger partial charge in [0, 0.05) is 52.1 Å². The van der Waals surface area contributed by atoms with Crippen molar-refractivity contribution in [3.63, 3.8) is 0 Å². The van der Waals surface area contributed by atoms with Crippen molar-refractivity contribution >= 4 is 17.3 Å². The van der Waals surface area contributed by atoms with Crippen LogP contribution in [0.3, 0.4) is 0 Å². The van der Waals surface area contributed by atoms with Crippen LogP contribution in [0.15, 0.2) is 18.2 Å². The van der Waals surface area contributed by atoms with Gasteiger partial charge in [-0.3, -0.25) is 4.79 Å². The molecule has 0 radical (unpaired) electrons. The Balaban J connectivity index is 3.13. The van der Waals surface area contributed by atoms with Crippen molar-refractivity contribution in [3.05, 3.63) is 23.8 Å². The molecule has 1 rings (SSSR count). The first-order valence-electron chi connectivity index (χ1n) is 5.51. The summed E-state index contributed by atoms with van der Waals surface area (Å²) in [7, 11) is 7.41. The largest absolute Gasteiger partial charge is 0.380 e. The third-order valence-corrected chi connectivity index (χ3v) is 2.70. The molecule has 0 spiro atoms. The molecule has 4 nitrogen and oxygen atoms in total. The molecule has 0 aliphatic heterocycles. The van der Waals surface area contributed by atoms with Gasteiger partial charge in [-0.05, 0) is 18.2 Å². The van der Waals surface area contributed by atoms with E-state index in [9.17, 15) is 4.79 Å². The van der Waals surface area contributed by atoms with Crippen LogP contribution in [-0.4, -0.2) is 34.2 Å². The van der Waals surface area contributed by atoms with Crippen LogP contribution in [0.1, 0.15) is 12.5 Å². The number of amides is 1. The highest BCUT2D eigenvalue weighted by molar-refractivity contribution is 5.91. The minimum absolute atomic E-state index is 0.0194. The Kier molecular flexibility index (Phi) is 4.52. The first kappa shape index (κ1) is 13.5. The lowest BCUT2D eigenvalue weighted by atomic mass is 10.1. The van der Waals surface area contributed by atoms with Crippen LogP contribution in [0.5, 0.6) is 0 Å². The molecule has 0 aromatic heterocycles. The number of benzene rings is 1. The Bertz CT molecular complexity index is 402. The van der Waals surface area contributed by atoms with Crippen LogP contribution < -0.4 is 9.80 Å². The van der Waals surface area contributed by atoms with Gasteiger partial charge >= 0.3 is 0 Å². The van der Waals surface area contributed by atoms with Crippen molar-refractivity contribution in [1.29, 1.82) is 0 Å².